The fourth-order valence-corrected chi connectivity index (χ4v) is 3.40. The molecule has 4 nitrogen and oxygen atoms in total. The summed E-state index contributed by atoms with van der Waals surface area (Å²) in [4.78, 5) is 4.56. The second-order valence-electron chi connectivity index (χ2n) is 5.85. The van der Waals surface area contributed by atoms with Gasteiger partial charge in [0.25, 0.3) is 0 Å². The van der Waals surface area contributed by atoms with Crippen LogP contribution >= 0.6 is 11.8 Å². The summed E-state index contributed by atoms with van der Waals surface area (Å²) in [6.45, 7) is 9.59. The summed E-state index contributed by atoms with van der Waals surface area (Å²) in [7, 11) is 0. The van der Waals surface area contributed by atoms with Gasteiger partial charge in [-0.05, 0) is 17.9 Å². The Kier molecular flexibility index (Phi) is 4.32. The third kappa shape index (κ3) is 4.37. The maximum absolute atomic E-state index is 4.56. The predicted molar refractivity (Wildman–Crippen MR) is 78.0 cm³/mol. The summed E-state index contributed by atoms with van der Waals surface area (Å²) in [5, 5.41) is 9.29. The molecule has 100 valence electrons. The number of rotatable bonds is 4. The van der Waals surface area contributed by atoms with Gasteiger partial charge in [0.2, 0.25) is 0 Å². The summed E-state index contributed by atoms with van der Waals surface area (Å²) >= 11 is 1.88. The number of nitrogens with zero attached hydrogens (tertiary/aromatic N) is 3. The Morgan fingerprint density at radius 3 is 3.00 bits per heavy atom. The minimum Gasteiger partial charge on any atom is -0.363 e. The fraction of sp³-hybridized carbons (Fsp3) is 0.692. The van der Waals surface area contributed by atoms with Gasteiger partial charge in [-0.2, -0.15) is 5.10 Å². The summed E-state index contributed by atoms with van der Waals surface area (Å²) in [5.41, 5.74) is 0.387. The third-order valence-electron chi connectivity index (χ3n) is 2.73. The van der Waals surface area contributed by atoms with Gasteiger partial charge >= 0.3 is 0 Å². The zero-order valence-electron chi connectivity index (χ0n) is 11.4. The molecule has 1 aromatic rings. The van der Waals surface area contributed by atoms with Crippen molar-refractivity contribution in [2.45, 2.75) is 39.0 Å². The van der Waals surface area contributed by atoms with Gasteiger partial charge < -0.3 is 5.32 Å². The maximum atomic E-state index is 4.56. The minimum absolute atomic E-state index is 0.387. The van der Waals surface area contributed by atoms with Gasteiger partial charge in [-0.25, -0.2) is 0 Å². The highest BCUT2D eigenvalue weighted by Crippen LogP contribution is 2.31. The molecule has 0 fully saturated rings. The van der Waals surface area contributed by atoms with Crippen molar-refractivity contribution in [1.82, 2.24) is 15.1 Å². The van der Waals surface area contributed by atoms with Gasteiger partial charge in [-0.3, -0.25) is 9.67 Å². The van der Waals surface area contributed by atoms with Crippen LogP contribution in [-0.4, -0.2) is 33.3 Å². The number of nitrogens with one attached hydrogen (secondary N) is 1. The van der Waals surface area contributed by atoms with Crippen molar-refractivity contribution in [3.8, 4) is 0 Å². The SMILES string of the molecule is CC(C)(C)CC1CN=C(NCCn2cccn2)S1. The fourth-order valence-electron chi connectivity index (χ4n) is 2.01. The monoisotopic (exact) mass is 266 g/mol. The van der Waals surface area contributed by atoms with Crippen LogP contribution in [0.25, 0.3) is 0 Å². The number of thioether (sulfide) groups is 1. The van der Waals surface area contributed by atoms with E-state index in [1.165, 1.54) is 6.42 Å². The van der Waals surface area contributed by atoms with Crippen LogP contribution in [0.2, 0.25) is 0 Å². The molecule has 1 aliphatic heterocycles. The summed E-state index contributed by atoms with van der Waals surface area (Å²) in [5.74, 6) is 0. The van der Waals surface area contributed by atoms with E-state index < -0.39 is 0 Å². The molecule has 1 aromatic heterocycles. The van der Waals surface area contributed by atoms with Crippen LogP contribution < -0.4 is 5.32 Å². The molecule has 1 aliphatic rings. The van der Waals surface area contributed by atoms with E-state index >= 15 is 0 Å². The smallest absolute Gasteiger partial charge is 0.156 e. The molecule has 0 saturated carbocycles. The summed E-state index contributed by atoms with van der Waals surface area (Å²) in [6.07, 6.45) is 5.00. The van der Waals surface area contributed by atoms with Crippen molar-refractivity contribution in [2.24, 2.45) is 10.4 Å². The van der Waals surface area contributed by atoms with Gasteiger partial charge in [0.1, 0.15) is 0 Å². The van der Waals surface area contributed by atoms with Gasteiger partial charge in [-0.15, -0.1) is 0 Å². The van der Waals surface area contributed by atoms with E-state index in [0.29, 0.717) is 10.7 Å². The van der Waals surface area contributed by atoms with Gasteiger partial charge in [0.15, 0.2) is 5.17 Å². The van der Waals surface area contributed by atoms with Gasteiger partial charge in [0, 0.05) is 24.2 Å². The van der Waals surface area contributed by atoms with E-state index in [0.717, 1.165) is 24.8 Å². The van der Waals surface area contributed by atoms with E-state index in [9.17, 15) is 0 Å². The first-order valence-corrected chi connectivity index (χ1v) is 7.33. The molecule has 1 unspecified atom stereocenters. The lowest BCUT2D eigenvalue weighted by molar-refractivity contribution is 0.375. The summed E-state index contributed by atoms with van der Waals surface area (Å²) < 4.78 is 1.93. The van der Waals surface area contributed by atoms with Crippen LogP contribution in [-0.2, 0) is 6.54 Å². The molecule has 2 heterocycles. The van der Waals surface area contributed by atoms with Crippen molar-refractivity contribution >= 4 is 16.9 Å². The van der Waals surface area contributed by atoms with E-state index in [2.05, 4.69) is 36.2 Å². The number of hydrogen-bond donors (Lipinski definition) is 1. The molecule has 1 N–H and O–H groups in total. The van der Waals surface area contributed by atoms with Gasteiger partial charge in [-0.1, -0.05) is 32.5 Å². The molecule has 0 aliphatic carbocycles. The van der Waals surface area contributed by atoms with Crippen LogP contribution in [0.5, 0.6) is 0 Å². The molecule has 2 rings (SSSR count). The van der Waals surface area contributed by atoms with Crippen LogP contribution in [0, 0.1) is 5.41 Å². The largest absolute Gasteiger partial charge is 0.363 e. The predicted octanol–water partition coefficient (Wildman–Crippen LogP) is 2.38. The van der Waals surface area contributed by atoms with Crippen LogP contribution in [0.3, 0.4) is 0 Å². The zero-order chi connectivity index (χ0) is 13.0. The number of aliphatic imine (C=N–C) groups is 1. The molecule has 0 amide bonds. The quantitative estimate of drug-likeness (QED) is 0.910. The molecular weight excluding hydrogens is 244 g/mol. The summed E-state index contributed by atoms with van der Waals surface area (Å²) in [6, 6.07) is 1.95. The first-order valence-electron chi connectivity index (χ1n) is 6.45. The first-order chi connectivity index (χ1) is 8.53. The zero-order valence-corrected chi connectivity index (χ0v) is 12.2. The normalized spacial score (nSPS) is 19.9. The van der Waals surface area contributed by atoms with Crippen LogP contribution in [0.4, 0.5) is 0 Å². The molecular formula is C13H22N4S. The molecule has 0 saturated heterocycles. The highest BCUT2D eigenvalue weighted by atomic mass is 32.2. The molecule has 1 atom stereocenters. The van der Waals surface area contributed by atoms with E-state index in [1.54, 1.807) is 6.20 Å². The molecule has 0 bridgehead atoms. The van der Waals surface area contributed by atoms with Gasteiger partial charge in [0.05, 0.1) is 13.1 Å². The maximum Gasteiger partial charge on any atom is 0.156 e. The molecule has 0 aromatic carbocycles. The van der Waals surface area contributed by atoms with Crippen molar-refractivity contribution in [3.05, 3.63) is 18.5 Å². The second-order valence-corrected chi connectivity index (χ2v) is 7.14. The van der Waals surface area contributed by atoms with Crippen LogP contribution in [0.1, 0.15) is 27.2 Å². The number of amidine groups is 1. The van der Waals surface area contributed by atoms with E-state index in [1.807, 2.05) is 28.7 Å². The highest BCUT2D eigenvalue weighted by Gasteiger charge is 2.24. The topological polar surface area (TPSA) is 42.2 Å². The lowest BCUT2D eigenvalue weighted by atomic mass is 9.90. The minimum atomic E-state index is 0.387. The Morgan fingerprint density at radius 1 is 1.50 bits per heavy atom. The highest BCUT2D eigenvalue weighted by molar-refractivity contribution is 8.14. The average molecular weight is 266 g/mol. The Balaban J connectivity index is 1.66. The molecule has 18 heavy (non-hydrogen) atoms. The van der Waals surface area contributed by atoms with Crippen molar-refractivity contribution < 1.29 is 0 Å². The standard InChI is InChI=1S/C13H22N4S/c1-13(2,3)9-11-10-15-12(18-11)14-6-8-17-7-4-5-16-17/h4-5,7,11H,6,8-10H2,1-3H3,(H,14,15). The molecule has 5 heteroatoms. The molecule has 0 spiro atoms. The van der Waals surface area contributed by atoms with Crippen LogP contribution in [0.15, 0.2) is 23.5 Å². The lowest BCUT2D eigenvalue weighted by Gasteiger charge is -2.21. The van der Waals surface area contributed by atoms with Crippen molar-refractivity contribution in [2.75, 3.05) is 13.1 Å². The lowest BCUT2D eigenvalue weighted by Crippen LogP contribution is -2.24. The Hall–Kier alpha value is -0.970. The van der Waals surface area contributed by atoms with Crippen molar-refractivity contribution in [3.63, 3.8) is 0 Å². The Bertz CT molecular complexity index is 392. The van der Waals surface area contributed by atoms with Crippen molar-refractivity contribution in [1.29, 1.82) is 0 Å². The number of aromatic nitrogens is 2. The Labute approximate surface area is 113 Å². The second kappa shape index (κ2) is 5.78. The number of hydrogen-bond acceptors (Lipinski definition) is 4. The third-order valence-corrected chi connectivity index (χ3v) is 3.88. The first kappa shape index (κ1) is 13.5. The average Bonchev–Trinajstić information content (AvgIpc) is 2.88. The molecule has 0 radical (unpaired) electrons. The van der Waals surface area contributed by atoms with E-state index in [-0.39, 0.29) is 0 Å². The Morgan fingerprint density at radius 2 is 2.33 bits per heavy atom. The van der Waals surface area contributed by atoms with E-state index in [4.69, 9.17) is 0 Å².